The molecule has 1 amide bonds. The molecule has 1 aromatic carbocycles. The number of thiophene rings is 1. The number of aliphatic hydroxyl groups is 1. The van der Waals surface area contributed by atoms with E-state index in [9.17, 15) is 13.2 Å². The van der Waals surface area contributed by atoms with Gasteiger partial charge in [0.05, 0.1) is 0 Å². The summed E-state index contributed by atoms with van der Waals surface area (Å²) in [6.07, 6.45) is 0.820. The number of aryl methyl sites for hydroxylation is 3. The molecule has 0 radical (unpaired) electrons. The van der Waals surface area contributed by atoms with Gasteiger partial charge in [-0.05, 0) is 49.3 Å². The zero-order valence-corrected chi connectivity index (χ0v) is 16.1. The largest absolute Gasteiger partial charge is 0.396 e. The van der Waals surface area contributed by atoms with E-state index in [0.29, 0.717) is 6.42 Å². The van der Waals surface area contributed by atoms with Crippen LogP contribution >= 0.6 is 11.3 Å². The van der Waals surface area contributed by atoms with Crippen LogP contribution in [-0.2, 0) is 21.2 Å². The molecule has 0 saturated heterocycles. The summed E-state index contributed by atoms with van der Waals surface area (Å²) in [5.41, 5.74) is 3.28. The quantitative estimate of drug-likeness (QED) is 0.763. The second kappa shape index (κ2) is 8.60. The zero-order chi connectivity index (χ0) is 18.4. The van der Waals surface area contributed by atoms with E-state index in [4.69, 9.17) is 5.11 Å². The molecule has 25 heavy (non-hydrogen) atoms. The minimum absolute atomic E-state index is 0.0115. The van der Waals surface area contributed by atoms with Crippen LogP contribution < -0.4 is 0 Å². The van der Waals surface area contributed by atoms with Crippen molar-refractivity contribution < 1.29 is 18.3 Å². The van der Waals surface area contributed by atoms with Crippen LogP contribution in [-0.4, -0.2) is 36.9 Å². The number of sulfonamides is 1. The summed E-state index contributed by atoms with van der Waals surface area (Å²) in [5, 5.41) is 10.7. The first kappa shape index (κ1) is 19.6. The molecule has 1 heterocycles. The van der Waals surface area contributed by atoms with Gasteiger partial charge in [-0.1, -0.05) is 29.8 Å². The fourth-order valence-electron chi connectivity index (χ4n) is 2.60. The molecule has 0 unspecified atom stereocenters. The maximum Gasteiger partial charge on any atom is 0.275 e. The Labute approximate surface area is 153 Å². The number of hydrogen-bond donors (Lipinski definition) is 1. The standard InChI is InChI=1S/C18H23NO4S2/c1-14-6-7-16(15(2)13-14)8-9-17(21)19(10-4-11-20)25(22,23)18-5-3-12-24-18/h3,5-7,12-13,20H,4,8-11H2,1-2H3. The monoisotopic (exact) mass is 381 g/mol. The number of amides is 1. The summed E-state index contributed by atoms with van der Waals surface area (Å²) in [4.78, 5) is 12.6. The van der Waals surface area contributed by atoms with Crippen molar-refractivity contribution in [2.24, 2.45) is 0 Å². The lowest BCUT2D eigenvalue weighted by atomic mass is 10.0. The van der Waals surface area contributed by atoms with Gasteiger partial charge in [0, 0.05) is 19.6 Å². The normalized spacial score (nSPS) is 11.5. The van der Waals surface area contributed by atoms with Crippen LogP contribution in [0.5, 0.6) is 0 Å². The Morgan fingerprint density at radius 3 is 2.60 bits per heavy atom. The van der Waals surface area contributed by atoms with E-state index in [2.05, 4.69) is 0 Å². The van der Waals surface area contributed by atoms with Crippen LogP contribution in [0.4, 0.5) is 0 Å². The van der Waals surface area contributed by atoms with E-state index >= 15 is 0 Å². The van der Waals surface area contributed by atoms with Gasteiger partial charge in [0.1, 0.15) is 4.21 Å². The van der Waals surface area contributed by atoms with Crippen LogP contribution in [0.2, 0.25) is 0 Å². The number of aliphatic hydroxyl groups excluding tert-OH is 1. The highest BCUT2D eigenvalue weighted by Crippen LogP contribution is 2.22. The lowest BCUT2D eigenvalue weighted by Gasteiger charge is -2.21. The predicted molar refractivity (Wildman–Crippen MR) is 99.2 cm³/mol. The highest BCUT2D eigenvalue weighted by atomic mass is 32.2. The first-order valence-corrected chi connectivity index (χ1v) is 10.4. The molecule has 2 rings (SSSR count). The lowest BCUT2D eigenvalue weighted by molar-refractivity contribution is -0.126. The summed E-state index contributed by atoms with van der Waals surface area (Å²) >= 11 is 1.08. The van der Waals surface area contributed by atoms with Gasteiger partial charge >= 0.3 is 0 Å². The van der Waals surface area contributed by atoms with Crippen molar-refractivity contribution >= 4 is 27.3 Å². The van der Waals surface area contributed by atoms with Crippen molar-refractivity contribution in [3.8, 4) is 0 Å². The summed E-state index contributed by atoms with van der Waals surface area (Å²) in [7, 11) is -3.86. The average molecular weight is 382 g/mol. The molecule has 0 aliphatic heterocycles. The maximum atomic E-state index is 12.7. The van der Waals surface area contributed by atoms with Crippen LogP contribution in [0.1, 0.15) is 29.5 Å². The minimum atomic E-state index is -3.86. The molecule has 7 heteroatoms. The van der Waals surface area contributed by atoms with E-state index in [-0.39, 0.29) is 30.2 Å². The van der Waals surface area contributed by atoms with E-state index in [1.54, 1.807) is 11.4 Å². The fourth-order valence-corrected chi connectivity index (χ4v) is 5.17. The third-order valence-electron chi connectivity index (χ3n) is 3.94. The molecule has 5 nitrogen and oxygen atoms in total. The lowest BCUT2D eigenvalue weighted by Crippen LogP contribution is -2.37. The fraction of sp³-hybridized carbons (Fsp3) is 0.389. The average Bonchev–Trinajstić information content (AvgIpc) is 3.09. The van der Waals surface area contributed by atoms with Gasteiger partial charge in [-0.3, -0.25) is 4.79 Å². The van der Waals surface area contributed by atoms with Gasteiger partial charge in [-0.25, -0.2) is 12.7 Å². The highest BCUT2D eigenvalue weighted by molar-refractivity contribution is 7.91. The van der Waals surface area contributed by atoms with Gasteiger partial charge < -0.3 is 5.11 Å². The maximum absolute atomic E-state index is 12.7. The molecule has 0 saturated carbocycles. The van der Waals surface area contributed by atoms with Crippen molar-refractivity contribution in [2.45, 2.75) is 37.3 Å². The van der Waals surface area contributed by atoms with Crippen molar-refractivity contribution in [3.05, 3.63) is 52.4 Å². The molecule has 0 fully saturated rings. The molecule has 0 aliphatic carbocycles. The topological polar surface area (TPSA) is 74.7 Å². The molecular formula is C18H23NO4S2. The van der Waals surface area contributed by atoms with Crippen molar-refractivity contribution in [3.63, 3.8) is 0 Å². The number of carbonyl (C=O) groups is 1. The summed E-state index contributed by atoms with van der Waals surface area (Å²) in [5.74, 6) is -0.443. The highest BCUT2D eigenvalue weighted by Gasteiger charge is 2.29. The van der Waals surface area contributed by atoms with Gasteiger partial charge in [0.15, 0.2) is 0 Å². The van der Waals surface area contributed by atoms with Gasteiger partial charge in [0.25, 0.3) is 10.0 Å². The van der Waals surface area contributed by atoms with Crippen molar-refractivity contribution in [1.82, 2.24) is 4.31 Å². The Balaban J connectivity index is 2.15. The number of carbonyl (C=O) groups excluding carboxylic acids is 1. The molecular weight excluding hydrogens is 358 g/mol. The molecule has 2 aromatic rings. The SMILES string of the molecule is Cc1ccc(CCC(=O)N(CCCO)S(=O)(=O)c2cccs2)c(C)c1. The molecule has 136 valence electrons. The third kappa shape index (κ3) is 4.90. The summed E-state index contributed by atoms with van der Waals surface area (Å²) < 4.78 is 26.4. The Morgan fingerprint density at radius 1 is 1.24 bits per heavy atom. The Kier molecular flexibility index (Phi) is 6.75. The Morgan fingerprint density at radius 2 is 2.00 bits per heavy atom. The molecule has 0 bridgehead atoms. The first-order valence-electron chi connectivity index (χ1n) is 8.12. The first-order chi connectivity index (χ1) is 11.9. The molecule has 1 N–H and O–H groups in total. The van der Waals surface area contributed by atoms with Gasteiger partial charge in [-0.2, -0.15) is 0 Å². The second-order valence-electron chi connectivity index (χ2n) is 5.91. The molecule has 0 aliphatic rings. The van der Waals surface area contributed by atoms with E-state index in [1.807, 2.05) is 32.0 Å². The second-order valence-corrected chi connectivity index (χ2v) is 8.95. The number of rotatable bonds is 8. The van der Waals surface area contributed by atoms with Crippen LogP contribution in [0.3, 0.4) is 0 Å². The van der Waals surface area contributed by atoms with Gasteiger partial charge in [-0.15, -0.1) is 11.3 Å². The smallest absolute Gasteiger partial charge is 0.275 e. The third-order valence-corrected chi connectivity index (χ3v) is 7.14. The summed E-state index contributed by atoms with van der Waals surface area (Å²) in [6, 6.07) is 9.14. The number of nitrogens with zero attached hydrogens (tertiary/aromatic N) is 1. The van der Waals surface area contributed by atoms with Crippen LogP contribution in [0, 0.1) is 13.8 Å². The Bertz CT molecular complexity index is 814. The van der Waals surface area contributed by atoms with Crippen LogP contribution in [0.25, 0.3) is 0 Å². The van der Waals surface area contributed by atoms with E-state index < -0.39 is 15.9 Å². The minimum Gasteiger partial charge on any atom is -0.396 e. The molecule has 0 spiro atoms. The zero-order valence-electron chi connectivity index (χ0n) is 14.4. The Hall–Kier alpha value is -1.70. The van der Waals surface area contributed by atoms with Crippen molar-refractivity contribution in [1.29, 1.82) is 0 Å². The van der Waals surface area contributed by atoms with Gasteiger partial charge in [0.2, 0.25) is 5.91 Å². The van der Waals surface area contributed by atoms with E-state index in [0.717, 1.165) is 32.3 Å². The number of hydrogen-bond acceptors (Lipinski definition) is 5. The van der Waals surface area contributed by atoms with Crippen molar-refractivity contribution in [2.75, 3.05) is 13.2 Å². The summed E-state index contributed by atoms with van der Waals surface area (Å²) in [6.45, 7) is 3.81. The molecule has 1 aromatic heterocycles. The van der Waals surface area contributed by atoms with E-state index in [1.165, 1.54) is 6.07 Å². The number of benzene rings is 1. The predicted octanol–water partition coefficient (Wildman–Crippen LogP) is 2.90. The molecule has 0 atom stereocenters. The van der Waals surface area contributed by atoms with Crippen LogP contribution in [0.15, 0.2) is 39.9 Å².